The van der Waals surface area contributed by atoms with Crippen LogP contribution in [0.4, 0.5) is 8.78 Å². The van der Waals surface area contributed by atoms with Crippen molar-refractivity contribution in [1.29, 1.82) is 0 Å². The smallest absolute Gasteiger partial charge is 0.272 e. The van der Waals surface area contributed by atoms with Crippen LogP contribution in [0.5, 0.6) is 5.88 Å². The van der Waals surface area contributed by atoms with Crippen molar-refractivity contribution >= 4 is 5.91 Å². The van der Waals surface area contributed by atoms with Crippen molar-refractivity contribution < 1.29 is 23.4 Å². The molecule has 1 atom stereocenters. The summed E-state index contributed by atoms with van der Waals surface area (Å²) in [4.78, 5) is 17.9. The van der Waals surface area contributed by atoms with Crippen molar-refractivity contribution in [2.45, 2.75) is 38.3 Å². The minimum Gasteiger partial charge on any atom is -0.472 e. The van der Waals surface area contributed by atoms with Crippen LogP contribution in [0.1, 0.15) is 30.6 Å². The minimum atomic E-state index is -2.60. The first kappa shape index (κ1) is 15.6. The number of aromatic nitrogens is 1. The number of nitrogens with zero attached hydrogens (tertiary/aromatic N) is 2. The Morgan fingerprint density at radius 2 is 2.33 bits per heavy atom. The molecule has 2 heterocycles. The minimum absolute atomic E-state index is 0.0151. The number of rotatable bonds is 4. The molecule has 1 N–H and O–H groups in total. The molecule has 1 fully saturated rings. The van der Waals surface area contributed by atoms with Gasteiger partial charge in [-0.25, -0.2) is 13.8 Å². The molecule has 2 rings (SSSR count). The van der Waals surface area contributed by atoms with E-state index in [-0.39, 0.29) is 11.8 Å². The van der Waals surface area contributed by atoms with Gasteiger partial charge in [0.2, 0.25) is 5.88 Å². The number of carbonyl (C=O) groups excluding carboxylic acids is 1. The molecule has 0 aromatic carbocycles. The number of pyridine rings is 1. The zero-order valence-electron chi connectivity index (χ0n) is 11.9. The molecule has 0 saturated carbocycles. The highest BCUT2D eigenvalue weighted by Gasteiger charge is 2.43. The highest BCUT2D eigenvalue weighted by Crippen LogP contribution is 2.30. The first-order valence-electron chi connectivity index (χ1n) is 6.69. The average molecular weight is 300 g/mol. The Kier molecular flexibility index (Phi) is 4.41. The Morgan fingerprint density at radius 3 is 2.90 bits per heavy atom. The van der Waals surface area contributed by atoms with E-state index in [4.69, 9.17) is 4.74 Å². The summed E-state index contributed by atoms with van der Waals surface area (Å²) in [6.45, 7) is 3.26. The molecule has 1 aromatic heterocycles. The number of halogens is 2. The quantitative estimate of drug-likeness (QED) is 0.919. The lowest BCUT2D eigenvalue weighted by Crippen LogP contribution is -2.48. The Morgan fingerprint density at radius 1 is 1.62 bits per heavy atom. The number of aliphatic hydroxyl groups is 1. The van der Waals surface area contributed by atoms with E-state index in [1.807, 2.05) is 0 Å². The number of aliphatic hydroxyl groups excluding tert-OH is 1. The monoisotopic (exact) mass is 300 g/mol. The Hall–Kier alpha value is -1.76. The van der Waals surface area contributed by atoms with Gasteiger partial charge in [-0.15, -0.1) is 0 Å². The second kappa shape index (κ2) is 5.93. The molecule has 1 saturated heterocycles. The Labute approximate surface area is 121 Å². The van der Waals surface area contributed by atoms with Gasteiger partial charge in [0.1, 0.15) is 0 Å². The van der Waals surface area contributed by atoms with E-state index >= 15 is 0 Å². The van der Waals surface area contributed by atoms with Gasteiger partial charge in [0, 0.05) is 24.4 Å². The van der Waals surface area contributed by atoms with Gasteiger partial charge in [-0.1, -0.05) is 0 Å². The number of hydrogen-bond acceptors (Lipinski definition) is 4. The summed E-state index contributed by atoms with van der Waals surface area (Å²) in [5, 5.41) is 9.91. The molecule has 1 unspecified atom stereocenters. The van der Waals surface area contributed by atoms with E-state index in [9.17, 15) is 18.7 Å². The van der Waals surface area contributed by atoms with E-state index < -0.39 is 24.7 Å². The molecular formula is C14H18F2N2O3. The van der Waals surface area contributed by atoms with Crippen LogP contribution in [0.3, 0.4) is 0 Å². The maximum absolute atomic E-state index is 12.5. The van der Waals surface area contributed by atoms with Crippen molar-refractivity contribution in [2.24, 2.45) is 0 Å². The molecule has 1 aliphatic heterocycles. The van der Waals surface area contributed by atoms with Gasteiger partial charge in [0.25, 0.3) is 12.3 Å². The van der Waals surface area contributed by atoms with Crippen LogP contribution in [0.25, 0.3) is 0 Å². The number of hydrogen-bond donors (Lipinski definition) is 1. The zero-order valence-corrected chi connectivity index (χ0v) is 11.9. The lowest BCUT2D eigenvalue weighted by Gasteiger charge is -2.33. The van der Waals surface area contributed by atoms with Crippen LogP contribution in [0.2, 0.25) is 0 Å². The standard InChI is InChI=1S/C14H18F2N2O3/c1-14(2)10(19)4-6-18(14)13(20)9-3-5-17-12(7-9)21-8-11(15)16/h3,5,7,10-11,19H,4,6,8H2,1-2H3. The summed E-state index contributed by atoms with van der Waals surface area (Å²) in [5.41, 5.74) is -0.360. The largest absolute Gasteiger partial charge is 0.472 e. The normalized spacial score (nSPS) is 20.9. The second-order valence-electron chi connectivity index (χ2n) is 5.50. The molecule has 5 nitrogen and oxygen atoms in total. The third-order valence-electron chi connectivity index (χ3n) is 3.72. The lowest BCUT2D eigenvalue weighted by molar-refractivity contribution is 0.0393. The van der Waals surface area contributed by atoms with Crippen molar-refractivity contribution in [3.05, 3.63) is 23.9 Å². The van der Waals surface area contributed by atoms with Crippen molar-refractivity contribution in [1.82, 2.24) is 9.88 Å². The molecule has 7 heteroatoms. The van der Waals surface area contributed by atoms with E-state index in [0.717, 1.165) is 0 Å². The summed E-state index contributed by atoms with van der Waals surface area (Å²) in [5.74, 6) is -0.292. The summed E-state index contributed by atoms with van der Waals surface area (Å²) >= 11 is 0. The van der Waals surface area contributed by atoms with Crippen LogP contribution in [-0.4, -0.2) is 52.1 Å². The molecule has 0 bridgehead atoms. The average Bonchev–Trinajstić information content (AvgIpc) is 2.70. The van der Waals surface area contributed by atoms with Crippen molar-refractivity contribution in [3.8, 4) is 5.88 Å². The Balaban J connectivity index is 2.14. The van der Waals surface area contributed by atoms with E-state index in [2.05, 4.69) is 4.98 Å². The number of amides is 1. The van der Waals surface area contributed by atoms with Gasteiger partial charge in [-0.3, -0.25) is 4.79 Å². The highest BCUT2D eigenvalue weighted by atomic mass is 19.3. The summed E-state index contributed by atoms with van der Waals surface area (Å²) in [6.07, 6.45) is -1.33. The van der Waals surface area contributed by atoms with Gasteiger partial charge in [-0.2, -0.15) is 0 Å². The first-order chi connectivity index (χ1) is 9.82. The summed E-state index contributed by atoms with van der Waals surface area (Å²) in [7, 11) is 0. The molecule has 1 amide bonds. The number of likely N-dealkylation sites (tertiary alicyclic amines) is 1. The number of ether oxygens (including phenoxy) is 1. The molecule has 0 aliphatic carbocycles. The lowest BCUT2D eigenvalue weighted by atomic mass is 9.98. The molecule has 1 aromatic rings. The van der Waals surface area contributed by atoms with Gasteiger partial charge in [0.05, 0.1) is 11.6 Å². The maximum atomic E-state index is 12.5. The third kappa shape index (κ3) is 3.29. The van der Waals surface area contributed by atoms with Crippen LogP contribution >= 0.6 is 0 Å². The molecule has 0 radical (unpaired) electrons. The zero-order chi connectivity index (χ0) is 15.6. The number of carbonyl (C=O) groups is 1. The van der Waals surface area contributed by atoms with Gasteiger partial charge < -0.3 is 14.7 Å². The maximum Gasteiger partial charge on any atom is 0.272 e. The van der Waals surface area contributed by atoms with Gasteiger partial charge in [-0.05, 0) is 26.3 Å². The first-order valence-corrected chi connectivity index (χ1v) is 6.69. The summed E-state index contributed by atoms with van der Waals surface area (Å²) in [6, 6.07) is 2.84. The Bertz CT molecular complexity index is 523. The second-order valence-corrected chi connectivity index (χ2v) is 5.50. The van der Waals surface area contributed by atoms with Crippen LogP contribution in [0.15, 0.2) is 18.3 Å². The predicted molar refractivity (Wildman–Crippen MR) is 71.5 cm³/mol. The van der Waals surface area contributed by atoms with E-state index in [1.165, 1.54) is 18.3 Å². The molecular weight excluding hydrogens is 282 g/mol. The topological polar surface area (TPSA) is 62.7 Å². The molecule has 0 spiro atoms. The fourth-order valence-corrected chi connectivity index (χ4v) is 2.36. The van der Waals surface area contributed by atoms with Crippen molar-refractivity contribution in [2.75, 3.05) is 13.2 Å². The van der Waals surface area contributed by atoms with E-state index in [1.54, 1.807) is 18.7 Å². The molecule has 116 valence electrons. The summed E-state index contributed by atoms with van der Waals surface area (Å²) < 4.78 is 29.0. The van der Waals surface area contributed by atoms with Crippen LogP contribution in [0, 0.1) is 0 Å². The van der Waals surface area contributed by atoms with Gasteiger partial charge >= 0.3 is 0 Å². The van der Waals surface area contributed by atoms with Gasteiger partial charge in [0.15, 0.2) is 6.61 Å². The molecule has 21 heavy (non-hydrogen) atoms. The fraction of sp³-hybridized carbons (Fsp3) is 0.571. The van der Waals surface area contributed by atoms with E-state index in [0.29, 0.717) is 18.5 Å². The SMILES string of the molecule is CC1(C)C(O)CCN1C(=O)c1ccnc(OCC(F)F)c1. The molecule has 1 aliphatic rings. The van der Waals surface area contributed by atoms with Crippen LogP contribution < -0.4 is 4.74 Å². The fourth-order valence-electron chi connectivity index (χ4n) is 2.36. The highest BCUT2D eigenvalue weighted by molar-refractivity contribution is 5.95. The number of alkyl halides is 2. The van der Waals surface area contributed by atoms with Crippen LogP contribution in [-0.2, 0) is 0 Å². The van der Waals surface area contributed by atoms with Crippen molar-refractivity contribution in [3.63, 3.8) is 0 Å². The predicted octanol–water partition coefficient (Wildman–Crippen LogP) is 1.71. The third-order valence-corrected chi connectivity index (χ3v) is 3.72.